The lowest BCUT2D eigenvalue weighted by atomic mass is 10.2. The van der Waals surface area contributed by atoms with Gasteiger partial charge in [0.1, 0.15) is 6.61 Å². The smallest absolute Gasteiger partial charge is 0.233 e. The maximum atomic E-state index is 5.59. The second kappa shape index (κ2) is 4.67. The lowest BCUT2D eigenvalue weighted by Gasteiger charge is -2.00. The van der Waals surface area contributed by atoms with E-state index in [1.165, 1.54) is 15.3 Å². The molecule has 0 saturated heterocycles. The van der Waals surface area contributed by atoms with Gasteiger partial charge in [0.25, 0.3) is 0 Å². The van der Waals surface area contributed by atoms with Gasteiger partial charge in [0, 0.05) is 33.6 Å². The molecule has 0 atom stereocenters. The van der Waals surface area contributed by atoms with Gasteiger partial charge in [-0.25, -0.2) is 0 Å². The highest BCUT2D eigenvalue weighted by atomic mass is 32.1. The van der Waals surface area contributed by atoms with Gasteiger partial charge in [-0.05, 0) is 19.9 Å². The van der Waals surface area contributed by atoms with Gasteiger partial charge in [-0.15, -0.1) is 16.4 Å². The van der Waals surface area contributed by atoms with Gasteiger partial charge in [-0.3, -0.25) is 5.10 Å². The lowest BCUT2D eigenvalue weighted by Crippen LogP contribution is -1.96. The summed E-state index contributed by atoms with van der Waals surface area (Å²) in [5.74, 6) is 0.636. The van der Waals surface area contributed by atoms with Crippen molar-refractivity contribution in [3.63, 3.8) is 0 Å². The normalized spacial score (nSPS) is 10.7. The number of aromatic nitrogens is 2. The SMILES string of the molecule is Cc1cc(OCc2cc(CN)sc2C)n[nH]1. The fourth-order valence-electron chi connectivity index (χ4n) is 1.45. The van der Waals surface area contributed by atoms with Crippen molar-refractivity contribution < 1.29 is 4.74 Å². The molecule has 0 radical (unpaired) electrons. The average Bonchev–Trinajstić information content (AvgIpc) is 2.82. The standard InChI is InChI=1S/C11H15N3OS/c1-7-3-11(14-13-7)15-6-9-4-10(5-12)16-8(9)2/h3-4H,5-6,12H2,1-2H3,(H,13,14). The number of thiophene rings is 1. The summed E-state index contributed by atoms with van der Waals surface area (Å²) >= 11 is 1.72. The molecular weight excluding hydrogens is 222 g/mol. The Labute approximate surface area is 98.4 Å². The van der Waals surface area contributed by atoms with Gasteiger partial charge in [0.2, 0.25) is 5.88 Å². The highest BCUT2D eigenvalue weighted by molar-refractivity contribution is 7.12. The maximum Gasteiger partial charge on any atom is 0.233 e. The van der Waals surface area contributed by atoms with E-state index >= 15 is 0 Å². The Bertz CT molecular complexity index is 475. The summed E-state index contributed by atoms with van der Waals surface area (Å²) in [5.41, 5.74) is 7.78. The number of rotatable bonds is 4. The third-order valence-electron chi connectivity index (χ3n) is 2.33. The van der Waals surface area contributed by atoms with Crippen LogP contribution in [0.1, 0.15) is 21.0 Å². The number of nitrogens with two attached hydrogens (primary N) is 1. The molecule has 0 aromatic carbocycles. The van der Waals surface area contributed by atoms with Gasteiger partial charge in [-0.2, -0.15) is 0 Å². The third-order valence-corrected chi connectivity index (χ3v) is 3.45. The van der Waals surface area contributed by atoms with Crippen molar-refractivity contribution in [2.45, 2.75) is 27.0 Å². The first-order valence-corrected chi connectivity index (χ1v) is 5.93. The highest BCUT2D eigenvalue weighted by Crippen LogP contribution is 2.22. The predicted octanol–water partition coefficient (Wildman–Crippen LogP) is 2.13. The monoisotopic (exact) mass is 237 g/mol. The van der Waals surface area contributed by atoms with Crippen molar-refractivity contribution in [1.82, 2.24) is 10.2 Å². The van der Waals surface area contributed by atoms with E-state index in [2.05, 4.69) is 23.2 Å². The maximum absolute atomic E-state index is 5.59. The fourth-order valence-corrected chi connectivity index (χ4v) is 2.38. The second-order valence-electron chi connectivity index (χ2n) is 3.68. The summed E-state index contributed by atoms with van der Waals surface area (Å²) in [6, 6.07) is 3.98. The van der Waals surface area contributed by atoms with Crippen LogP contribution in [0.4, 0.5) is 0 Å². The van der Waals surface area contributed by atoms with Gasteiger partial charge >= 0.3 is 0 Å². The molecule has 0 aliphatic heterocycles. The molecule has 0 aliphatic rings. The van der Waals surface area contributed by atoms with Crippen LogP contribution in [-0.4, -0.2) is 10.2 Å². The first-order chi connectivity index (χ1) is 7.69. The Balaban J connectivity index is 2.01. The van der Waals surface area contributed by atoms with E-state index < -0.39 is 0 Å². The summed E-state index contributed by atoms with van der Waals surface area (Å²) < 4.78 is 5.58. The van der Waals surface area contributed by atoms with Crippen LogP contribution in [0.2, 0.25) is 0 Å². The van der Waals surface area contributed by atoms with Crippen molar-refractivity contribution in [2.24, 2.45) is 5.73 Å². The zero-order valence-electron chi connectivity index (χ0n) is 9.41. The van der Waals surface area contributed by atoms with E-state index in [9.17, 15) is 0 Å². The summed E-state index contributed by atoms with van der Waals surface area (Å²) in [6.45, 7) is 5.17. The van der Waals surface area contributed by atoms with Crippen molar-refractivity contribution in [3.05, 3.63) is 33.1 Å². The molecule has 0 unspecified atom stereocenters. The Morgan fingerprint density at radius 2 is 2.25 bits per heavy atom. The Morgan fingerprint density at radius 1 is 1.44 bits per heavy atom. The minimum atomic E-state index is 0.548. The molecule has 4 nitrogen and oxygen atoms in total. The van der Waals surface area contributed by atoms with E-state index in [1.807, 2.05) is 13.0 Å². The number of aryl methyl sites for hydroxylation is 2. The molecule has 16 heavy (non-hydrogen) atoms. The predicted molar refractivity (Wildman–Crippen MR) is 64.6 cm³/mol. The van der Waals surface area contributed by atoms with Crippen molar-refractivity contribution in [2.75, 3.05) is 0 Å². The number of H-pyrrole nitrogens is 1. The van der Waals surface area contributed by atoms with E-state index in [4.69, 9.17) is 10.5 Å². The number of ether oxygens (including phenoxy) is 1. The van der Waals surface area contributed by atoms with Crippen molar-refractivity contribution in [1.29, 1.82) is 0 Å². The van der Waals surface area contributed by atoms with Gasteiger partial charge in [0.05, 0.1) is 0 Å². The zero-order valence-corrected chi connectivity index (χ0v) is 10.2. The fraction of sp³-hybridized carbons (Fsp3) is 0.364. The molecule has 2 aromatic heterocycles. The van der Waals surface area contributed by atoms with Crippen LogP contribution in [0.25, 0.3) is 0 Å². The quantitative estimate of drug-likeness (QED) is 0.856. The van der Waals surface area contributed by atoms with Crippen molar-refractivity contribution >= 4 is 11.3 Å². The zero-order chi connectivity index (χ0) is 11.5. The largest absolute Gasteiger partial charge is 0.472 e. The molecule has 2 heterocycles. The highest BCUT2D eigenvalue weighted by Gasteiger charge is 2.06. The molecule has 0 spiro atoms. The molecule has 0 saturated carbocycles. The first kappa shape index (κ1) is 11.2. The van der Waals surface area contributed by atoms with Gasteiger partial charge in [0.15, 0.2) is 0 Å². The van der Waals surface area contributed by atoms with Gasteiger partial charge in [-0.1, -0.05) is 0 Å². The number of nitrogens with one attached hydrogen (secondary N) is 1. The third kappa shape index (κ3) is 2.43. The second-order valence-corrected chi connectivity index (χ2v) is 5.02. The number of hydrogen-bond acceptors (Lipinski definition) is 4. The first-order valence-electron chi connectivity index (χ1n) is 5.12. The summed E-state index contributed by atoms with van der Waals surface area (Å²) in [4.78, 5) is 2.45. The molecule has 0 fully saturated rings. The van der Waals surface area contributed by atoms with Crippen LogP contribution in [0.3, 0.4) is 0 Å². The van der Waals surface area contributed by atoms with Gasteiger partial charge < -0.3 is 10.5 Å². The Morgan fingerprint density at radius 3 is 2.81 bits per heavy atom. The van der Waals surface area contributed by atoms with Crippen LogP contribution >= 0.6 is 11.3 Å². The van der Waals surface area contributed by atoms with Crippen LogP contribution in [0.5, 0.6) is 5.88 Å². The molecule has 2 aromatic rings. The minimum absolute atomic E-state index is 0.548. The van der Waals surface area contributed by atoms with E-state index in [-0.39, 0.29) is 0 Å². The Kier molecular flexibility index (Phi) is 3.26. The number of aromatic amines is 1. The van der Waals surface area contributed by atoms with Crippen LogP contribution in [-0.2, 0) is 13.2 Å². The lowest BCUT2D eigenvalue weighted by molar-refractivity contribution is 0.293. The molecule has 3 N–H and O–H groups in total. The molecule has 5 heteroatoms. The van der Waals surface area contributed by atoms with Crippen LogP contribution < -0.4 is 10.5 Å². The Hall–Kier alpha value is -1.33. The topological polar surface area (TPSA) is 63.9 Å². The molecule has 0 bridgehead atoms. The molecule has 0 aliphatic carbocycles. The van der Waals surface area contributed by atoms with E-state index in [0.29, 0.717) is 19.0 Å². The molecule has 86 valence electrons. The molecular formula is C11H15N3OS. The summed E-state index contributed by atoms with van der Waals surface area (Å²) in [7, 11) is 0. The summed E-state index contributed by atoms with van der Waals surface area (Å²) in [6.07, 6.45) is 0. The minimum Gasteiger partial charge on any atom is -0.472 e. The van der Waals surface area contributed by atoms with Crippen LogP contribution in [0.15, 0.2) is 12.1 Å². The van der Waals surface area contributed by atoms with E-state index in [0.717, 1.165) is 5.69 Å². The van der Waals surface area contributed by atoms with E-state index in [1.54, 1.807) is 11.3 Å². The molecule has 2 rings (SSSR count). The van der Waals surface area contributed by atoms with Crippen molar-refractivity contribution in [3.8, 4) is 5.88 Å². The van der Waals surface area contributed by atoms with Crippen LogP contribution in [0, 0.1) is 13.8 Å². The summed E-state index contributed by atoms with van der Waals surface area (Å²) in [5, 5.41) is 6.86. The number of nitrogens with zero attached hydrogens (tertiary/aromatic N) is 1. The average molecular weight is 237 g/mol. The molecule has 0 amide bonds. The number of hydrogen-bond donors (Lipinski definition) is 2.